The fourth-order valence-corrected chi connectivity index (χ4v) is 2.48. The minimum atomic E-state index is -0.217. The minimum Gasteiger partial charge on any atom is -0.391 e. The van der Waals surface area contributed by atoms with Crippen LogP contribution in [-0.2, 0) is 6.42 Å². The van der Waals surface area contributed by atoms with Crippen LogP contribution >= 0.6 is 0 Å². The van der Waals surface area contributed by atoms with Gasteiger partial charge in [-0.2, -0.15) is 0 Å². The van der Waals surface area contributed by atoms with Gasteiger partial charge in [-0.15, -0.1) is 0 Å². The van der Waals surface area contributed by atoms with E-state index in [-0.39, 0.29) is 6.10 Å². The third kappa shape index (κ3) is 2.81. The molecule has 1 aromatic rings. The molecule has 2 heteroatoms. The number of aliphatic hydroxyl groups is 1. The van der Waals surface area contributed by atoms with E-state index >= 15 is 0 Å². The molecule has 1 aliphatic heterocycles. The molecule has 2 unspecified atom stereocenters. The van der Waals surface area contributed by atoms with Crippen LogP contribution in [0.25, 0.3) is 0 Å². The quantitative estimate of drug-likeness (QED) is 0.864. The fraction of sp³-hybridized carbons (Fsp3) is 0.600. The highest BCUT2D eigenvalue weighted by molar-refractivity contribution is 5.55. The number of aliphatic hydroxyl groups excluding tert-OH is 1. The maximum atomic E-state index is 10.2. The second-order valence-corrected chi connectivity index (χ2v) is 5.13. The van der Waals surface area contributed by atoms with Crippen molar-refractivity contribution in [3.05, 3.63) is 29.8 Å². The second kappa shape index (κ2) is 5.54. The lowest BCUT2D eigenvalue weighted by Gasteiger charge is -2.34. The van der Waals surface area contributed by atoms with Gasteiger partial charge < -0.3 is 10.0 Å². The summed E-state index contributed by atoms with van der Waals surface area (Å²) >= 11 is 0. The van der Waals surface area contributed by atoms with Crippen molar-refractivity contribution >= 4 is 5.69 Å². The van der Waals surface area contributed by atoms with E-state index in [2.05, 4.69) is 43.0 Å². The average molecular weight is 233 g/mol. The van der Waals surface area contributed by atoms with Crippen molar-refractivity contribution in [3.8, 4) is 0 Å². The van der Waals surface area contributed by atoms with Gasteiger partial charge in [0.1, 0.15) is 0 Å². The molecule has 1 N–H and O–H groups in total. The van der Waals surface area contributed by atoms with Crippen molar-refractivity contribution in [3.63, 3.8) is 0 Å². The molecule has 0 amide bonds. The molecule has 1 aromatic carbocycles. The summed E-state index contributed by atoms with van der Waals surface area (Å²) in [5.74, 6) is 0.379. The van der Waals surface area contributed by atoms with Gasteiger partial charge >= 0.3 is 0 Å². The molecule has 0 fully saturated rings. The Labute approximate surface area is 104 Å². The summed E-state index contributed by atoms with van der Waals surface area (Å²) < 4.78 is 0. The third-order valence-corrected chi connectivity index (χ3v) is 3.91. The third-order valence-electron chi connectivity index (χ3n) is 3.91. The van der Waals surface area contributed by atoms with Gasteiger partial charge in [0.15, 0.2) is 0 Å². The molecule has 0 spiro atoms. The van der Waals surface area contributed by atoms with Crippen LogP contribution in [0.5, 0.6) is 0 Å². The molecule has 0 bridgehead atoms. The van der Waals surface area contributed by atoms with Gasteiger partial charge in [-0.1, -0.05) is 38.5 Å². The van der Waals surface area contributed by atoms with Gasteiger partial charge in [0.25, 0.3) is 0 Å². The lowest BCUT2D eigenvalue weighted by atomic mass is 9.98. The summed E-state index contributed by atoms with van der Waals surface area (Å²) in [5, 5.41) is 10.2. The number of anilines is 1. The van der Waals surface area contributed by atoms with Gasteiger partial charge in [-0.3, -0.25) is 0 Å². The SMILES string of the molecule is CCC(C)C(O)CN1CCCc2ccccc21. The number of hydrogen-bond donors (Lipinski definition) is 1. The predicted octanol–water partition coefficient (Wildman–Crippen LogP) is 2.85. The van der Waals surface area contributed by atoms with E-state index in [0.29, 0.717) is 5.92 Å². The lowest BCUT2D eigenvalue weighted by molar-refractivity contribution is 0.119. The van der Waals surface area contributed by atoms with Gasteiger partial charge in [-0.25, -0.2) is 0 Å². The summed E-state index contributed by atoms with van der Waals surface area (Å²) in [5.41, 5.74) is 2.75. The number of fused-ring (bicyclic) bond motifs is 1. The molecule has 94 valence electrons. The number of β-amino-alcohol motifs (C(OH)–C–C–N with tert-alkyl or cyclic N) is 1. The molecule has 0 saturated heterocycles. The average Bonchev–Trinajstić information content (AvgIpc) is 2.38. The van der Waals surface area contributed by atoms with E-state index in [1.807, 2.05) is 0 Å². The highest BCUT2D eigenvalue weighted by atomic mass is 16.3. The normalized spacial score (nSPS) is 18.6. The molecule has 2 atom stereocenters. The molecule has 0 aliphatic carbocycles. The van der Waals surface area contributed by atoms with E-state index in [4.69, 9.17) is 0 Å². The minimum absolute atomic E-state index is 0.217. The standard InChI is InChI=1S/C15H23NO/c1-3-12(2)15(17)11-16-10-6-8-13-7-4-5-9-14(13)16/h4-5,7,9,12,15,17H,3,6,8,10-11H2,1-2H3. The van der Waals surface area contributed by atoms with Crippen LogP contribution in [0.2, 0.25) is 0 Å². The van der Waals surface area contributed by atoms with Crippen molar-refractivity contribution in [1.29, 1.82) is 0 Å². The molecule has 0 aromatic heterocycles. The Kier molecular flexibility index (Phi) is 4.06. The van der Waals surface area contributed by atoms with Crippen molar-refractivity contribution in [2.24, 2.45) is 5.92 Å². The Morgan fingerprint density at radius 2 is 2.12 bits per heavy atom. The van der Waals surface area contributed by atoms with Crippen LogP contribution in [0.1, 0.15) is 32.3 Å². The molecule has 17 heavy (non-hydrogen) atoms. The molecule has 0 radical (unpaired) electrons. The van der Waals surface area contributed by atoms with Crippen LogP contribution in [0, 0.1) is 5.92 Å². The van der Waals surface area contributed by atoms with Gasteiger partial charge in [0.2, 0.25) is 0 Å². The topological polar surface area (TPSA) is 23.5 Å². The molecule has 1 heterocycles. The van der Waals surface area contributed by atoms with Gasteiger partial charge in [-0.05, 0) is 30.4 Å². The van der Waals surface area contributed by atoms with Gasteiger partial charge in [0, 0.05) is 18.8 Å². The first kappa shape index (κ1) is 12.4. The van der Waals surface area contributed by atoms with Crippen LogP contribution in [0.15, 0.2) is 24.3 Å². The van der Waals surface area contributed by atoms with Crippen LogP contribution in [0.3, 0.4) is 0 Å². The van der Waals surface area contributed by atoms with Crippen LogP contribution < -0.4 is 4.90 Å². The highest BCUT2D eigenvalue weighted by Gasteiger charge is 2.21. The largest absolute Gasteiger partial charge is 0.391 e. The van der Waals surface area contributed by atoms with Crippen molar-refractivity contribution in [2.75, 3.05) is 18.0 Å². The summed E-state index contributed by atoms with van der Waals surface area (Å²) in [6.45, 7) is 6.11. The van der Waals surface area contributed by atoms with Gasteiger partial charge in [0.05, 0.1) is 6.10 Å². The van der Waals surface area contributed by atoms with E-state index in [1.54, 1.807) is 0 Å². The first-order chi connectivity index (χ1) is 8.22. The number of rotatable bonds is 4. The molecule has 2 rings (SSSR count). The Hall–Kier alpha value is -1.02. The second-order valence-electron chi connectivity index (χ2n) is 5.13. The monoisotopic (exact) mass is 233 g/mol. The number of aryl methyl sites for hydroxylation is 1. The number of para-hydroxylation sites is 1. The van der Waals surface area contributed by atoms with E-state index in [1.165, 1.54) is 24.1 Å². The molecular weight excluding hydrogens is 210 g/mol. The Bertz CT molecular complexity index is 364. The number of nitrogens with zero attached hydrogens (tertiary/aromatic N) is 1. The summed E-state index contributed by atoms with van der Waals surface area (Å²) in [6.07, 6.45) is 3.19. The first-order valence-electron chi connectivity index (χ1n) is 6.73. The Morgan fingerprint density at radius 1 is 1.35 bits per heavy atom. The van der Waals surface area contributed by atoms with E-state index in [0.717, 1.165) is 19.5 Å². The summed E-state index contributed by atoms with van der Waals surface area (Å²) in [7, 11) is 0. The smallest absolute Gasteiger partial charge is 0.0740 e. The zero-order valence-corrected chi connectivity index (χ0v) is 10.9. The maximum absolute atomic E-state index is 10.2. The summed E-state index contributed by atoms with van der Waals surface area (Å²) in [6, 6.07) is 8.58. The number of hydrogen-bond acceptors (Lipinski definition) is 2. The van der Waals surface area contributed by atoms with Crippen molar-refractivity contribution < 1.29 is 5.11 Å². The molecule has 0 saturated carbocycles. The Morgan fingerprint density at radius 3 is 2.88 bits per heavy atom. The van der Waals surface area contributed by atoms with Crippen molar-refractivity contribution in [2.45, 2.75) is 39.2 Å². The number of benzene rings is 1. The predicted molar refractivity (Wildman–Crippen MR) is 72.4 cm³/mol. The fourth-order valence-electron chi connectivity index (χ4n) is 2.48. The summed E-state index contributed by atoms with van der Waals surface area (Å²) in [4.78, 5) is 2.34. The maximum Gasteiger partial charge on any atom is 0.0740 e. The molecule has 1 aliphatic rings. The zero-order valence-electron chi connectivity index (χ0n) is 10.9. The Balaban J connectivity index is 2.08. The first-order valence-corrected chi connectivity index (χ1v) is 6.73. The molecular formula is C15H23NO. The molecule has 2 nitrogen and oxygen atoms in total. The highest BCUT2D eigenvalue weighted by Crippen LogP contribution is 2.27. The lowest BCUT2D eigenvalue weighted by Crippen LogP contribution is -2.38. The van der Waals surface area contributed by atoms with E-state index < -0.39 is 0 Å². The van der Waals surface area contributed by atoms with Crippen LogP contribution in [0.4, 0.5) is 5.69 Å². The van der Waals surface area contributed by atoms with Crippen molar-refractivity contribution in [1.82, 2.24) is 0 Å². The zero-order chi connectivity index (χ0) is 12.3. The van der Waals surface area contributed by atoms with Crippen LogP contribution in [-0.4, -0.2) is 24.3 Å². The van der Waals surface area contributed by atoms with E-state index in [9.17, 15) is 5.11 Å².